The maximum absolute atomic E-state index is 12.5. The third-order valence-corrected chi connectivity index (χ3v) is 4.74. The van der Waals surface area contributed by atoms with Crippen molar-refractivity contribution in [1.82, 2.24) is 5.32 Å². The Hall–Kier alpha value is -2.86. The monoisotopic (exact) mass is 397 g/mol. The molecule has 0 unspecified atom stereocenters. The number of benzene rings is 2. The highest BCUT2D eigenvalue weighted by molar-refractivity contribution is 8.03. The SMILES string of the molecule is CCOC(=O)CN/C(=C\C(=O)c1ccc(C)cc1)SCC(=O)c1ccccc1. The van der Waals surface area contributed by atoms with Crippen LogP contribution in [0.15, 0.2) is 65.7 Å². The summed E-state index contributed by atoms with van der Waals surface area (Å²) < 4.78 is 4.90. The summed E-state index contributed by atoms with van der Waals surface area (Å²) in [5.41, 5.74) is 2.20. The van der Waals surface area contributed by atoms with E-state index in [4.69, 9.17) is 4.74 Å². The lowest BCUT2D eigenvalue weighted by atomic mass is 10.1. The Morgan fingerprint density at radius 1 is 1.00 bits per heavy atom. The Balaban J connectivity index is 2.09. The number of rotatable bonds is 10. The van der Waals surface area contributed by atoms with Gasteiger partial charge < -0.3 is 10.1 Å². The van der Waals surface area contributed by atoms with Gasteiger partial charge >= 0.3 is 5.97 Å². The normalized spacial score (nSPS) is 11.0. The molecule has 0 fully saturated rings. The maximum Gasteiger partial charge on any atom is 0.325 e. The predicted octanol–water partition coefficient (Wildman–Crippen LogP) is 3.79. The second-order valence-corrected chi connectivity index (χ2v) is 6.99. The molecule has 1 N–H and O–H groups in total. The van der Waals surface area contributed by atoms with Crippen molar-refractivity contribution in [3.63, 3.8) is 0 Å². The highest BCUT2D eigenvalue weighted by atomic mass is 32.2. The number of ketones is 2. The van der Waals surface area contributed by atoms with E-state index in [0.717, 1.165) is 5.56 Å². The first-order chi connectivity index (χ1) is 13.5. The van der Waals surface area contributed by atoms with Crippen LogP contribution in [0.25, 0.3) is 0 Å². The van der Waals surface area contributed by atoms with E-state index in [2.05, 4.69) is 5.32 Å². The molecule has 2 rings (SSSR count). The zero-order valence-electron chi connectivity index (χ0n) is 15.9. The standard InChI is InChI=1S/C22H23NO4S/c1-3-27-22(26)14-23-21(13-19(24)18-11-9-16(2)10-12-18)28-15-20(25)17-7-5-4-6-8-17/h4-13,23H,3,14-15H2,1-2H3/b21-13+. The molecule has 0 radical (unpaired) electrons. The van der Waals surface area contributed by atoms with Gasteiger partial charge in [-0.1, -0.05) is 60.2 Å². The summed E-state index contributed by atoms with van der Waals surface area (Å²) in [6.07, 6.45) is 1.41. The first kappa shape index (κ1) is 21.4. The van der Waals surface area contributed by atoms with Crippen LogP contribution in [0, 0.1) is 6.92 Å². The van der Waals surface area contributed by atoms with Gasteiger partial charge in [0.05, 0.1) is 17.4 Å². The number of Topliss-reactive ketones (excluding diaryl/α,β-unsaturated/α-hetero) is 1. The molecule has 0 saturated carbocycles. The predicted molar refractivity (Wildman–Crippen MR) is 111 cm³/mol. The molecule has 0 aromatic heterocycles. The van der Waals surface area contributed by atoms with Crippen molar-refractivity contribution < 1.29 is 19.1 Å². The van der Waals surface area contributed by atoms with Crippen molar-refractivity contribution in [2.45, 2.75) is 13.8 Å². The van der Waals surface area contributed by atoms with Crippen molar-refractivity contribution in [2.75, 3.05) is 18.9 Å². The molecule has 28 heavy (non-hydrogen) atoms. The smallest absolute Gasteiger partial charge is 0.325 e. The van der Waals surface area contributed by atoms with Gasteiger partial charge in [-0.05, 0) is 13.8 Å². The van der Waals surface area contributed by atoms with Crippen LogP contribution in [0.3, 0.4) is 0 Å². The molecule has 0 amide bonds. The molecule has 2 aromatic carbocycles. The Bertz CT molecular complexity index is 845. The molecule has 6 heteroatoms. The minimum Gasteiger partial charge on any atom is -0.465 e. The van der Waals surface area contributed by atoms with Crippen LogP contribution in [-0.2, 0) is 9.53 Å². The Morgan fingerprint density at radius 2 is 1.68 bits per heavy atom. The number of ether oxygens (including phenoxy) is 1. The molecule has 0 spiro atoms. The molecule has 0 aliphatic heterocycles. The quantitative estimate of drug-likeness (QED) is 0.374. The fraction of sp³-hybridized carbons (Fsp3) is 0.227. The van der Waals surface area contributed by atoms with Gasteiger partial charge in [-0.2, -0.15) is 0 Å². The van der Waals surface area contributed by atoms with Gasteiger partial charge in [0.2, 0.25) is 0 Å². The number of carbonyl (C=O) groups is 3. The van der Waals surface area contributed by atoms with E-state index in [1.165, 1.54) is 17.8 Å². The molecule has 0 atom stereocenters. The molecular weight excluding hydrogens is 374 g/mol. The summed E-state index contributed by atoms with van der Waals surface area (Å²) in [6, 6.07) is 16.1. The molecular formula is C22H23NO4S. The molecule has 0 aliphatic carbocycles. The number of hydrogen-bond donors (Lipinski definition) is 1. The van der Waals surface area contributed by atoms with Crippen LogP contribution < -0.4 is 5.32 Å². The van der Waals surface area contributed by atoms with Crippen molar-refractivity contribution in [3.8, 4) is 0 Å². The zero-order valence-corrected chi connectivity index (χ0v) is 16.8. The summed E-state index contributed by atoms with van der Waals surface area (Å²) >= 11 is 1.18. The minimum absolute atomic E-state index is 0.0581. The summed E-state index contributed by atoms with van der Waals surface area (Å²) in [5, 5.41) is 3.35. The second-order valence-electron chi connectivity index (χ2n) is 5.98. The van der Waals surface area contributed by atoms with E-state index >= 15 is 0 Å². The van der Waals surface area contributed by atoms with Crippen molar-refractivity contribution in [3.05, 3.63) is 82.4 Å². The van der Waals surface area contributed by atoms with E-state index in [1.54, 1.807) is 43.3 Å². The second kappa shape index (κ2) is 11.1. The lowest BCUT2D eigenvalue weighted by molar-refractivity contribution is -0.141. The maximum atomic E-state index is 12.5. The Morgan fingerprint density at radius 3 is 2.32 bits per heavy atom. The first-order valence-corrected chi connectivity index (χ1v) is 9.91. The molecule has 0 saturated heterocycles. The molecule has 5 nitrogen and oxygen atoms in total. The Kier molecular flexibility index (Phi) is 8.49. The molecule has 146 valence electrons. The summed E-state index contributed by atoms with van der Waals surface area (Å²) in [6.45, 7) is 3.87. The largest absolute Gasteiger partial charge is 0.465 e. The van der Waals surface area contributed by atoms with Gasteiger partial charge in [0.25, 0.3) is 0 Å². The van der Waals surface area contributed by atoms with Crippen molar-refractivity contribution in [2.24, 2.45) is 0 Å². The molecule has 0 bridgehead atoms. The van der Waals surface area contributed by atoms with Crippen LogP contribution in [0.1, 0.15) is 33.2 Å². The number of hydrogen-bond acceptors (Lipinski definition) is 6. The number of aryl methyl sites for hydroxylation is 1. The third kappa shape index (κ3) is 7.04. The molecule has 0 aliphatic rings. The number of carbonyl (C=O) groups excluding carboxylic acids is 3. The lowest BCUT2D eigenvalue weighted by Crippen LogP contribution is -2.24. The minimum atomic E-state index is -0.425. The van der Waals surface area contributed by atoms with Crippen LogP contribution >= 0.6 is 11.8 Å². The Labute approximate surface area is 169 Å². The fourth-order valence-electron chi connectivity index (χ4n) is 2.29. The van der Waals surface area contributed by atoms with Crippen LogP contribution in [-0.4, -0.2) is 36.4 Å². The van der Waals surface area contributed by atoms with Gasteiger partial charge in [0, 0.05) is 17.2 Å². The number of nitrogens with one attached hydrogen (secondary N) is 1. The van der Waals surface area contributed by atoms with E-state index in [0.29, 0.717) is 16.2 Å². The van der Waals surface area contributed by atoms with Gasteiger partial charge in [-0.3, -0.25) is 14.4 Å². The number of thioether (sulfide) groups is 1. The topological polar surface area (TPSA) is 72.5 Å². The number of allylic oxidation sites excluding steroid dienone is 1. The van der Waals surface area contributed by atoms with E-state index in [-0.39, 0.29) is 30.5 Å². The molecule has 0 heterocycles. The average molecular weight is 397 g/mol. The summed E-state index contributed by atoms with van der Waals surface area (Å²) in [7, 11) is 0. The van der Waals surface area contributed by atoms with Gasteiger partial charge in [0.15, 0.2) is 11.6 Å². The van der Waals surface area contributed by atoms with Crippen molar-refractivity contribution >= 4 is 29.3 Å². The highest BCUT2D eigenvalue weighted by Gasteiger charge is 2.11. The van der Waals surface area contributed by atoms with Crippen LogP contribution in [0.5, 0.6) is 0 Å². The van der Waals surface area contributed by atoms with Crippen LogP contribution in [0.4, 0.5) is 0 Å². The lowest BCUT2D eigenvalue weighted by Gasteiger charge is -2.10. The third-order valence-electron chi connectivity index (χ3n) is 3.77. The van der Waals surface area contributed by atoms with E-state index in [9.17, 15) is 14.4 Å². The summed E-state index contributed by atoms with van der Waals surface area (Å²) in [4.78, 5) is 36.5. The molecule has 2 aromatic rings. The fourth-order valence-corrected chi connectivity index (χ4v) is 3.10. The van der Waals surface area contributed by atoms with E-state index < -0.39 is 5.97 Å². The van der Waals surface area contributed by atoms with Gasteiger partial charge in [-0.25, -0.2) is 0 Å². The zero-order chi connectivity index (χ0) is 20.4. The van der Waals surface area contributed by atoms with Crippen molar-refractivity contribution in [1.29, 1.82) is 0 Å². The van der Waals surface area contributed by atoms with Gasteiger partial charge in [0.1, 0.15) is 6.54 Å². The number of esters is 1. The van der Waals surface area contributed by atoms with E-state index in [1.807, 2.05) is 25.1 Å². The average Bonchev–Trinajstić information content (AvgIpc) is 2.71. The highest BCUT2D eigenvalue weighted by Crippen LogP contribution is 2.17. The van der Waals surface area contributed by atoms with Crippen LogP contribution in [0.2, 0.25) is 0 Å². The first-order valence-electron chi connectivity index (χ1n) is 8.93. The van der Waals surface area contributed by atoms with Gasteiger partial charge in [-0.15, -0.1) is 11.8 Å². The summed E-state index contributed by atoms with van der Waals surface area (Å²) in [5.74, 6) is -0.540.